The Balaban J connectivity index is 2.35. The summed E-state index contributed by atoms with van der Waals surface area (Å²) in [5.41, 5.74) is 3.94. The van der Waals surface area contributed by atoms with Gasteiger partial charge in [-0.25, -0.2) is 0 Å². The molecule has 0 saturated carbocycles. The third-order valence-corrected chi connectivity index (χ3v) is 5.29. The maximum Gasteiger partial charge on any atom is 0.417 e. The molecular weight excluding hydrogens is 341 g/mol. The Morgan fingerprint density at radius 1 is 1.29 bits per heavy atom. The lowest BCUT2D eigenvalue weighted by Gasteiger charge is -2.13. The fourth-order valence-electron chi connectivity index (χ4n) is 1.48. The molecule has 1 aromatic carbocycles. The summed E-state index contributed by atoms with van der Waals surface area (Å²) < 4.78 is 40.3. The van der Waals surface area contributed by atoms with Gasteiger partial charge in [0.1, 0.15) is 5.84 Å². The summed E-state index contributed by atoms with van der Waals surface area (Å²) in [4.78, 5) is 0.371. The maximum absolute atomic E-state index is 13.0. The number of thioether (sulfide) groups is 1. The Hall–Kier alpha value is -1.26. The molecule has 21 heavy (non-hydrogen) atoms. The fraction of sp³-hybridized carbons (Fsp3) is 0.182. The standard InChI is InChI=1S/C11H9F3N4S3/c1-19-9-17-18-10(21-9)20-5-2-3-6(8(15)16)7(4-5)11(12,13)14/h2-4H,1H3,(H3,15,16). The topological polar surface area (TPSA) is 75.7 Å². The number of benzene rings is 1. The van der Waals surface area contributed by atoms with E-state index in [1.54, 1.807) is 0 Å². The van der Waals surface area contributed by atoms with Gasteiger partial charge in [0.2, 0.25) is 0 Å². The number of hydrogen-bond acceptors (Lipinski definition) is 6. The molecule has 0 atom stereocenters. The summed E-state index contributed by atoms with van der Waals surface area (Å²) >= 11 is 3.82. The number of nitrogens with two attached hydrogens (primary N) is 1. The van der Waals surface area contributed by atoms with Gasteiger partial charge in [-0.1, -0.05) is 34.9 Å². The summed E-state index contributed by atoms with van der Waals surface area (Å²) in [6.45, 7) is 0. The van der Waals surface area contributed by atoms with Crippen molar-refractivity contribution in [3.63, 3.8) is 0 Å². The van der Waals surface area contributed by atoms with E-state index in [1.165, 1.54) is 35.2 Å². The largest absolute Gasteiger partial charge is 0.417 e. The van der Waals surface area contributed by atoms with Crippen molar-refractivity contribution in [2.75, 3.05) is 6.26 Å². The zero-order valence-electron chi connectivity index (χ0n) is 10.6. The van der Waals surface area contributed by atoms with Gasteiger partial charge in [-0.3, -0.25) is 5.41 Å². The molecule has 0 unspecified atom stereocenters. The molecule has 0 bridgehead atoms. The number of nitrogen functional groups attached to an aromatic ring is 1. The zero-order valence-corrected chi connectivity index (χ0v) is 13.0. The molecule has 4 nitrogen and oxygen atoms in total. The van der Waals surface area contributed by atoms with Crippen LogP contribution in [0, 0.1) is 5.41 Å². The molecule has 0 saturated heterocycles. The third-order valence-electron chi connectivity index (χ3n) is 2.35. The predicted molar refractivity (Wildman–Crippen MR) is 78.3 cm³/mol. The van der Waals surface area contributed by atoms with Gasteiger partial charge in [-0.15, -0.1) is 10.2 Å². The van der Waals surface area contributed by atoms with Crippen molar-refractivity contribution in [2.24, 2.45) is 5.73 Å². The van der Waals surface area contributed by atoms with Crippen LogP contribution in [0.25, 0.3) is 0 Å². The van der Waals surface area contributed by atoms with Crippen molar-refractivity contribution in [3.8, 4) is 0 Å². The summed E-state index contributed by atoms with van der Waals surface area (Å²) in [6.07, 6.45) is -2.72. The van der Waals surface area contributed by atoms with Gasteiger partial charge in [-0.05, 0) is 24.5 Å². The highest BCUT2D eigenvalue weighted by atomic mass is 32.2. The lowest BCUT2D eigenvalue weighted by molar-refractivity contribution is -0.137. The molecule has 112 valence electrons. The molecule has 3 N–H and O–H groups in total. The van der Waals surface area contributed by atoms with Crippen molar-refractivity contribution in [1.29, 1.82) is 5.41 Å². The van der Waals surface area contributed by atoms with Crippen molar-refractivity contribution < 1.29 is 13.2 Å². The van der Waals surface area contributed by atoms with Crippen LogP contribution >= 0.6 is 34.9 Å². The van der Waals surface area contributed by atoms with Gasteiger partial charge in [0.05, 0.1) is 5.56 Å². The highest BCUT2D eigenvalue weighted by Gasteiger charge is 2.34. The number of nitrogens with zero attached hydrogens (tertiary/aromatic N) is 2. The highest BCUT2D eigenvalue weighted by Crippen LogP contribution is 2.38. The molecule has 2 rings (SSSR count). The number of rotatable bonds is 4. The minimum atomic E-state index is -4.57. The molecule has 0 fully saturated rings. The Morgan fingerprint density at radius 2 is 1.95 bits per heavy atom. The second-order valence-corrected chi connectivity index (χ2v) is 7.11. The van der Waals surface area contributed by atoms with Crippen LogP contribution in [-0.4, -0.2) is 22.3 Å². The van der Waals surface area contributed by atoms with Crippen LogP contribution in [0.5, 0.6) is 0 Å². The van der Waals surface area contributed by atoms with E-state index in [0.29, 0.717) is 9.24 Å². The van der Waals surface area contributed by atoms with Crippen LogP contribution in [-0.2, 0) is 6.18 Å². The van der Waals surface area contributed by atoms with E-state index in [0.717, 1.165) is 22.2 Å². The van der Waals surface area contributed by atoms with Gasteiger partial charge in [0.25, 0.3) is 0 Å². The van der Waals surface area contributed by atoms with E-state index in [2.05, 4.69) is 10.2 Å². The van der Waals surface area contributed by atoms with E-state index in [-0.39, 0.29) is 5.56 Å². The minimum Gasteiger partial charge on any atom is -0.384 e. The second kappa shape index (κ2) is 6.24. The second-order valence-electron chi connectivity index (χ2n) is 3.76. The quantitative estimate of drug-likeness (QED) is 0.499. The number of alkyl halides is 3. The summed E-state index contributed by atoms with van der Waals surface area (Å²) in [7, 11) is 0. The number of aromatic nitrogens is 2. The lowest BCUT2D eigenvalue weighted by atomic mass is 10.1. The average molecular weight is 350 g/mol. The Labute approximate surface area is 130 Å². The molecule has 0 aliphatic rings. The van der Waals surface area contributed by atoms with Crippen molar-refractivity contribution in [2.45, 2.75) is 19.8 Å². The molecule has 0 spiro atoms. The molecule has 0 aliphatic carbocycles. The number of nitrogens with one attached hydrogen (secondary N) is 1. The van der Waals surface area contributed by atoms with Crippen LogP contribution in [0.3, 0.4) is 0 Å². The van der Waals surface area contributed by atoms with E-state index < -0.39 is 17.6 Å². The molecule has 1 aromatic heterocycles. The van der Waals surface area contributed by atoms with E-state index in [9.17, 15) is 13.2 Å². The van der Waals surface area contributed by atoms with E-state index in [1.807, 2.05) is 6.26 Å². The van der Waals surface area contributed by atoms with Gasteiger partial charge >= 0.3 is 6.18 Å². The smallest absolute Gasteiger partial charge is 0.384 e. The molecule has 0 amide bonds. The highest BCUT2D eigenvalue weighted by molar-refractivity contribution is 8.03. The average Bonchev–Trinajstić information content (AvgIpc) is 2.85. The van der Waals surface area contributed by atoms with Gasteiger partial charge < -0.3 is 5.73 Å². The zero-order chi connectivity index (χ0) is 15.6. The SMILES string of the molecule is CSc1nnc(Sc2ccc(C(=N)N)c(C(F)(F)F)c2)s1. The van der Waals surface area contributed by atoms with Crippen molar-refractivity contribution in [1.82, 2.24) is 10.2 Å². The Bertz CT molecular complexity index is 669. The number of hydrogen-bond donors (Lipinski definition) is 2. The predicted octanol–water partition coefficient (Wildman–Crippen LogP) is 3.71. The molecule has 1 heterocycles. The van der Waals surface area contributed by atoms with Gasteiger partial charge in [0, 0.05) is 10.5 Å². The van der Waals surface area contributed by atoms with E-state index in [4.69, 9.17) is 11.1 Å². The summed E-state index contributed by atoms with van der Waals surface area (Å²) in [5.74, 6) is -0.612. The molecule has 2 aromatic rings. The summed E-state index contributed by atoms with van der Waals surface area (Å²) in [5, 5.41) is 15.0. The van der Waals surface area contributed by atoms with Crippen LogP contribution in [0.4, 0.5) is 13.2 Å². The first-order valence-electron chi connectivity index (χ1n) is 5.42. The van der Waals surface area contributed by atoms with Crippen LogP contribution in [0.2, 0.25) is 0 Å². The first kappa shape index (κ1) is 16.1. The minimum absolute atomic E-state index is 0.325. The van der Waals surface area contributed by atoms with Crippen molar-refractivity contribution in [3.05, 3.63) is 29.3 Å². The van der Waals surface area contributed by atoms with E-state index >= 15 is 0 Å². The maximum atomic E-state index is 13.0. The number of halogens is 3. The summed E-state index contributed by atoms with van der Waals surface area (Å²) in [6, 6.07) is 3.66. The fourth-order valence-corrected chi connectivity index (χ4v) is 3.93. The Morgan fingerprint density at radius 3 is 2.48 bits per heavy atom. The van der Waals surface area contributed by atoms with Crippen LogP contribution in [0.1, 0.15) is 11.1 Å². The molecule has 0 aliphatic heterocycles. The van der Waals surface area contributed by atoms with Crippen molar-refractivity contribution >= 4 is 40.7 Å². The number of amidine groups is 1. The third kappa shape index (κ3) is 3.89. The lowest BCUT2D eigenvalue weighted by Crippen LogP contribution is -2.18. The molecule has 0 radical (unpaired) electrons. The first-order chi connectivity index (χ1) is 9.81. The normalized spacial score (nSPS) is 11.6. The first-order valence-corrected chi connectivity index (χ1v) is 8.28. The van der Waals surface area contributed by atoms with Gasteiger partial charge in [0.15, 0.2) is 8.68 Å². The van der Waals surface area contributed by atoms with Crippen LogP contribution in [0.15, 0.2) is 31.8 Å². The van der Waals surface area contributed by atoms with Gasteiger partial charge in [-0.2, -0.15) is 13.2 Å². The van der Waals surface area contributed by atoms with Crippen LogP contribution < -0.4 is 5.73 Å². The molecule has 10 heteroatoms. The molecular formula is C11H9F3N4S3. The monoisotopic (exact) mass is 350 g/mol. The Kier molecular flexibility index (Phi) is 4.79.